The maximum atomic E-state index is 12.0. The van der Waals surface area contributed by atoms with Gasteiger partial charge in [0.25, 0.3) is 0 Å². The van der Waals surface area contributed by atoms with Crippen LogP contribution in [0, 0.1) is 0 Å². The smallest absolute Gasteiger partial charge is 0.244 e. The summed E-state index contributed by atoms with van der Waals surface area (Å²) >= 11 is 6.46. The number of carbonyl (C=O) groups is 1. The fourth-order valence-electron chi connectivity index (χ4n) is 3.28. The van der Waals surface area contributed by atoms with E-state index in [1.165, 1.54) is 5.57 Å². The van der Waals surface area contributed by atoms with Gasteiger partial charge >= 0.3 is 0 Å². The number of hydrazone groups is 1. The molecule has 0 aliphatic carbocycles. The molecule has 0 aromatic heterocycles. The Balaban J connectivity index is 1.76. The molecule has 0 fully saturated rings. The van der Waals surface area contributed by atoms with Gasteiger partial charge in [-0.2, -0.15) is 5.10 Å². The van der Waals surface area contributed by atoms with Gasteiger partial charge in [-0.25, -0.2) is 5.43 Å². The summed E-state index contributed by atoms with van der Waals surface area (Å²) in [5.41, 5.74) is 7.64. The lowest BCUT2D eigenvalue weighted by molar-refractivity contribution is -0.120. The van der Waals surface area contributed by atoms with E-state index >= 15 is 0 Å². The van der Waals surface area contributed by atoms with Crippen LogP contribution in [0.4, 0.5) is 5.69 Å². The average molecular weight is 382 g/mol. The minimum atomic E-state index is -0.163. The molecule has 2 aromatic rings. The second kappa shape index (κ2) is 7.57. The van der Waals surface area contributed by atoms with Crippen LogP contribution in [-0.2, 0) is 11.2 Å². The first-order valence-corrected chi connectivity index (χ1v) is 9.29. The van der Waals surface area contributed by atoms with E-state index in [0.29, 0.717) is 5.02 Å². The predicted molar refractivity (Wildman–Crippen MR) is 113 cm³/mol. The number of benzene rings is 2. The molecule has 1 amide bonds. The molecule has 1 N–H and O–H groups in total. The van der Waals surface area contributed by atoms with Gasteiger partial charge in [0.1, 0.15) is 0 Å². The van der Waals surface area contributed by atoms with Crippen LogP contribution >= 0.6 is 11.6 Å². The third kappa shape index (κ3) is 4.22. The monoisotopic (exact) mass is 381 g/mol. The Morgan fingerprint density at radius 1 is 1.26 bits per heavy atom. The Morgan fingerprint density at radius 2 is 1.96 bits per heavy atom. The Labute approximate surface area is 165 Å². The molecule has 0 spiro atoms. The maximum absolute atomic E-state index is 12.0. The number of halogens is 1. The number of nitrogens with one attached hydrogen (secondary N) is 1. The molecular weight excluding hydrogens is 358 g/mol. The standard InChI is InChI=1S/C22H24ClN3O/c1-15-13-22(2,3)26(4)20-12-19(23)17(11-18(15)20)14-24-25-21(27)10-16-8-6-5-7-9-16/h5-9,11-14H,10H2,1-4H3,(H,25,27)/b24-14+. The first-order chi connectivity index (χ1) is 12.8. The number of nitrogens with zero attached hydrogens (tertiary/aromatic N) is 2. The van der Waals surface area contributed by atoms with Gasteiger partial charge < -0.3 is 4.90 Å². The molecule has 0 atom stereocenters. The Morgan fingerprint density at radius 3 is 2.67 bits per heavy atom. The molecule has 3 rings (SSSR count). The number of anilines is 1. The van der Waals surface area contributed by atoms with Crippen molar-refractivity contribution in [3.8, 4) is 0 Å². The van der Waals surface area contributed by atoms with Crippen LogP contribution in [0.1, 0.15) is 37.5 Å². The molecule has 0 saturated carbocycles. The normalized spacial score (nSPS) is 15.4. The topological polar surface area (TPSA) is 44.7 Å². The second-order valence-electron chi connectivity index (χ2n) is 7.39. The van der Waals surface area contributed by atoms with E-state index in [4.69, 9.17) is 11.6 Å². The molecule has 4 nitrogen and oxygen atoms in total. The molecule has 27 heavy (non-hydrogen) atoms. The van der Waals surface area contributed by atoms with E-state index in [0.717, 1.165) is 22.4 Å². The van der Waals surface area contributed by atoms with Crippen LogP contribution in [0.2, 0.25) is 5.02 Å². The van der Waals surface area contributed by atoms with E-state index in [2.05, 4.69) is 49.3 Å². The van der Waals surface area contributed by atoms with Gasteiger partial charge in [0.05, 0.1) is 23.2 Å². The van der Waals surface area contributed by atoms with Gasteiger partial charge in [-0.1, -0.05) is 48.0 Å². The summed E-state index contributed by atoms with van der Waals surface area (Å²) in [5.74, 6) is -0.163. The SMILES string of the molecule is CC1=CC(C)(C)N(C)c2cc(Cl)c(/C=N/NC(=O)Cc3ccccc3)cc21. The Kier molecular flexibility index (Phi) is 5.38. The Hall–Kier alpha value is -2.59. The number of hydrogen-bond acceptors (Lipinski definition) is 3. The largest absolute Gasteiger partial charge is 0.365 e. The molecule has 5 heteroatoms. The molecular formula is C22H24ClN3O. The summed E-state index contributed by atoms with van der Waals surface area (Å²) < 4.78 is 0. The summed E-state index contributed by atoms with van der Waals surface area (Å²) in [5, 5.41) is 4.68. The summed E-state index contributed by atoms with van der Waals surface area (Å²) in [6.45, 7) is 6.44. The van der Waals surface area contributed by atoms with Gasteiger partial charge in [-0.3, -0.25) is 4.79 Å². The quantitative estimate of drug-likeness (QED) is 0.618. The minimum absolute atomic E-state index is 0.0680. The van der Waals surface area contributed by atoms with E-state index in [1.54, 1.807) is 6.21 Å². The van der Waals surface area contributed by atoms with Crippen LogP contribution in [0.25, 0.3) is 5.57 Å². The summed E-state index contributed by atoms with van der Waals surface area (Å²) in [6.07, 6.45) is 4.13. The molecule has 1 aliphatic rings. The fourth-order valence-corrected chi connectivity index (χ4v) is 3.49. The van der Waals surface area contributed by atoms with Crippen molar-refractivity contribution in [2.45, 2.75) is 32.7 Å². The van der Waals surface area contributed by atoms with Crippen molar-refractivity contribution in [2.24, 2.45) is 5.10 Å². The lowest BCUT2D eigenvalue weighted by Gasteiger charge is -2.40. The van der Waals surface area contributed by atoms with Crippen molar-refractivity contribution in [3.63, 3.8) is 0 Å². The van der Waals surface area contributed by atoms with Crippen LogP contribution in [0.5, 0.6) is 0 Å². The van der Waals surface area contributed by atoms with Crippen molar-refractivity contribution in [1.29, 1.82) is 0 Å². The fraction of sp³-hybridized carbons (Fsp3) is 0.273. The number of likely N-dealkylation sites (N-methyl/N-ethyl adjacent to an activating group) is 1. The van der Waals surface area contributed by atoms with Crippen LogP contribution < -0.4 is 10.3 Å². The Bertz CT molecular complexity index is 917. The summed E-state index contributed by atoms with van der Waals surface area (Å²) in [4.78, 5) is 14.2. The van der Waals surface area contributed by atoms with E-state index in [9.17, 15) is 4.79 Å². The van der Waals surface area contributed by atoms with Crippen LogP contribution in [0.15, 0.2) is 53.6 Å². The van der Waals surface area contributed by atoms with E-state index in [-0.39, 0.29) is 17.9 Å². The number of carbonyl (C=O) groups excluding carboxylic acids is 1. The first kappa shape index (κ1) is 19.2. The number of rotatable bonds is 4. The molecule has 140 valence electrons. The highest BCUT2D eigenvalue weighted by Crippen LogP contribution is 2.40. The number of fused-ring (bicyclic) bond motifs is 1. The van der Waals surface area contributed by atoms with Crippen molar-refractivity contribution in [3.05, 3.63) is 70.3 Å². The lowest BCUT2D eigenvalue weighted by Crippen LogP contribution is -2.42. The highest BCUT2D eigenvalue weighted by Gasteiger charge is 2.29. The third-order valence-electron chi connectivity index (χ3n) is 4.94. The van der Waals surface area contributed by atoms with Gasteiger partial charge in [0.2, 0.25) is 5.91 Å². The van der Waals surface area contributed by atoms with E-state index < -0.39 is 0 Å². The molecule has 2 aromatic carbocycles. The minimum Gasteiger partial charge on any atom is -0.365 e. The zero-order valence-corrected chi connectivity index (χ0v) is 16.8. The van der Waals surface area contributed by atoms with Crippen molar-refractivity contribution < 1.29 is 4.79 Å². The van der Waals surface area contributed by atoms with E-state index in [1.807, 2.05) is 42.5 Å². The predicted octanol–water partition coefficient (Wildman–Crippen LogP) is 4.66. The van der Waals surface area contributed by atoms with Gasteiger partial charge in [0.15, 0.2) is 0 Å². The number of hydrogen-bond donors (Lipinski definition) is 1. The zero-order chi connectivity index (χ0) is 19.6. The molecule has 0 radical (unpaired) electrons. The number of amides is 1. The summed E-state index contributed by atoms with van der Waals surface area (Å²) in [7, 11) is 2.07. The van der Waals surface area contributed by atoms with Gasteiger partial charge in [0, 0.05) is 23.9 Å². The van der Waals surface area contributed by atoms with Crippen molar-refractivity contribution >= 4 is 35.0 Å². The van der Waals surface area contributed by atoms with Crippen molar-refractivity contribution in [1.82, 2.24) is 5.43 Å². The third-order valence-corrected chi connectivity index (χ3v) is 5.26. The van der Waals surface area contributed by atoms with Gasteiger partial charge in [-0.05, 0) is 44.0 Å². The lowest BCUT2D eigenvalue weighted by atomic mass is 9.88. The number of allylic oxidation sites excluding steroid dienone is 1. The zero-order valence-electron chi connectivity index (χ0n) is 16.1. The molecule has 0 bridgehead atoms. The summed E-state index contributed by atoms with van der Waals surface area (Å²) in [6, 6.07) is 13.5. The van der Waals surface area contributed by atoms with Crippen LogP contribution in [0.3, 0.4) is 0 Å². The second-order valence-corrected chi connectivity index (χ2v) is 7.79. The van der Waals surface area contributed by atoms with Gasteiger partial charge in [-0.15, -0.1) is 0 Å². The highest BCUT2D eigenvalue weighted by molar-refractivity contribution is 6.33. The van der Waals surface area contributed by atoms with Crippen LogP contribution in [-0.4, -0.2) is 24.7 Å². The molecule has 1 aliphatic heterocycles. The molecule has 0 saturated heterocycles. The molecule has 1 heterocycles. The van der Waals surface area contributed by atoms with Crippen molar-refractivity contribution in [2.75, 3.05) is 11.9 Å². The first-order valence-electron chi connectivity index (χ1n) is 8.91. The molecule has 0 unspecified atom stereocenters. The maximum Gasteiger partial charge on any atom is 0.244 e. The average Bonchev–Trinajstić information content (AvgIpc) is 2.61. The highest BCUT2D eigenvalue weighted by atomic mass is 35.5.